The number of carboxylic acid groups (broad SMARTS) is 1. The van der Waals surface area contributed by atoms with E-state index in [1.807, 2.05) is 44.2 Å². The van der Waals surface area contributed by atoms with Gasteiger partial charge in [0.25, 0.3) is 0 Å². The van der Waals surface area contributed by atoms with Crippen LogP contribution in [0.5, 0.6) is 0 Å². The van der Waals surface area contributed by atoms with E-state index in [0.29, 0.717) is 23.8 Å². The highest BCUT2D eigenvalue weighted by atomic mass is 16.4. The number of aliphatic carboxylic acids is 1. The molecule has 0 fully saturated rings. The number of carboxylic acids is 1. The molecule has 0 radical (unpaired) electrons. The normalized spacial score (nSPS) is 12.7. The maximum absolute atomic E-state index is 10.6. The summed E-state index contributed by atoms with van der Waals surface area (Å²) in [5.41, 5.74) is 1.57. The molecule has 1 N–H and O–H groups in total. The average molecular weight is 261 g/mol. The Morgan fingerprint density at radius 3 is 2.68 bits per heavy atom. The minimum atomic E-state index is -0.831. The van der Waals surface area contributed by atoms with Gasteiger partial charge in [0.05, 0.1) is 12.1 Å². The molecule has 1 heterocycles. The Morgan fingerprint density at radius 1 is 1.37 bits per heavy atom. The standard InChI is InChI=1S/C15H19NO3/c1-4-6-8-12(7-5-2)15-16-13(11(3)19-15)9-10-14(17)18/h4-8H,9-10H2,1-3H3,(H,17,18)/b6-4-,7-5-,12-8+. The Morgan fingerprint density at radius 2 is 2.11 bits per heavy atom. The molecule has 0 aliphatic carbocycles. The van der Waals surface area contributed by atoms with Crippen LogP contribution in [0.15, 0.2) is 34.8 Å². The topological polar surface area (TPSA) is 63.3 Å². The predicted octanol–water partition coefficient (Wildman–Crippen LogP) is 3.54. The van der Waals surface area contributed by atoms with Crippen molar-refractivity contribution in [2.45, 2.75) is 33.6 Å². The van der Waals surface area contributed by atoms with E-state index in [-0.39, 0.29) is 6.42 Å². The molecule has 0 aliphatic heterocycles. The number of allylic oxidation sites excluding steroid dienone is 6. The van der Waals surface area contributed by atoms with Crippen molar-refractivity contribution in [3.8, 4) is 0 Å². The molecule has 1 aromatic rings. The lowest BCUT2D eigenvalue weighted by Crippen LogP contribution is -1.98. The highest BCUT2D eigenvalue weighted by molar-refractivity contribution is 5.70. The van der Waals surface area contributed by atoms with Gasteiger partial charge < -0.3 is 9.52 Å². The Balaban J connectivity index is 2.99. The van der Waals surface area contributed by atoms with Crippen LogP contribution >= 0.6 is 0 Å². The molecule has 0 bridgehead atoms. The van der Waals surface area contributed by atoms with E-state index in [4.69, 9.17) is 9.52 Å². The summed E-state index contributed by atoms with van der Waals surface area (Å²) >= 11 is 0. The highest BCUT2D eigenvalue weighted by Crippen LogP contribution is 2.20. The molecule has 1 rings (SSSR count). The first kappa shape index (κ1) is 15.0. The highest BCUT2D eigenvalue weighted by Gasteiger charge is 2.12. The maximum Gasteiger partial charge on any atom is 0.303 e. The van der Waals surface area contributed by atoms with Gasteiger partial charge in [-0.15, -0.1) is 0 Å². The molecule has 0 spiro atoms. The predicted molar refractivity (Wildman–Crippen MR) is 74.8 cm³/mol. The summed E-state index contributed by atoms with van der Waals surface area (Å²) in [6, 6.07) is 0. The molecule has 0 aliphatic rings. The number of oxazole rings is 1. The summed E-state index contributed by atoms with van der Waals surface area (Å²) < 4.78 is 5.60. The summed E-state index contributed by atoms with van der Waals surface area (Å²) in [5.74, 6) is 0.364. The zero-order chi connectivity index (χ0) is 14.3. The van der Waals surface area contributed by atoms with E-state index in [9.17, 15) is 4.79 Å². The van der Waals surface area contributed by atoms with Crippen LogP contribution in [0, 0.1) is 6.92 Å². The number of hydrogen-bond donors (Lipinski definition) is 1. The number of hydrogen-bond acceptors (Lipinski definition) is 3. The van der Waals surface area contributed by atoms with Gasteiger partial charge in [-0.2, -0.15) is 0 Å². The van der Waals surface area contributed by atoms with Crippen LogP contribution in [0.2, 0.25) is 0 Å². The molecule has 0 aromatic carbocycles. The number of aryl methyl sites for hydroxylation is 2. The van der Waals surface area contributed by atoms with Gasteiger partial charge in [0.1, 0.15) is 5.76 Å². The van der Waals surface area contributed by atoms with Crippen molar-refractivity contribution in [1.29, 1.82) is 0 Å². The minimum Gasteiger partial charge on any atom is -0.481 e. The monoisotopic (exact) mass is 261 g/mol. The van der Waals surface area contributed by atoms with Crippen LogP contribution < -0.4 is 0 Å². The third kappa shape index (κ3) is 4.58. The SMILES string of the molecule is C\C=C/C=C(\C=C/C)c1nc(CCC(=O)O)c(C)o1. The fourth-order valence-electron chi connectivity index (χ4n) is 1.59. The Labute approximate surface area is 113 Å². The molecule has 4 nitrogen and oxygen atoms in total. The van der Waals surface area contributed by atoms with E-state index < -0.39 is 5.97 Å². The summed E-state index contributed by atoms with van der Waals surface area (Å²) in [5, 5.41) is 8.69. The van der Waals surface area contributed by atoms with Gasteiger partial charge in [-0.1, -0.05) is 24.3 Å². The van der Waals surface area contributed by atoms with Crippen molar-refractivity contribution in [3.63, 3.8) is 0 Å². The van der Waals surface area contributed by atoms with Crippen molar-refractivity contribution in [2.75, 3.05) is 0 Å². The van der Waals surface area contributed by atoms with Crippen LogP contribution in [0.25, 0.3) is 5.57 Å². The molecule has 0 saturated heterocycles. The lowest BCUT2D eigenvalue weighted by atomic mass is 10.2. The van der Waals surface area contributed by atoms with E-state index in [0.717, 1.165) is 5.57 Å². The molecule has 102 valence electrons. The van der Waals surface area contributed by atoms with Gasteiger partial charge >= 0.3 is 5.97 Å². The first-order valence-corrected chi connectivity index (χ1v) is 6.22. The van der Waals surface area contributed by atoms with Gasteiger partial charge in [0.15, 0.2) is 0 Å². The number of aromatic nitrogens is 1. The third-order valence-electron chi connectivity index (χ3n) is 2.53. The number of nitrogens with zero attached hydrogens (tertiary/aromatic N) is 1. The largest absolute Gasteiger partial charge is 0.481 e. The van der Waals surface area contributed by atoms with Crippen LogP contribution in [-0.4, -0.2) is 16.1 Å². The molecule has 0 unspecified atom stereocenters. The molecular weight excluding hydrogens is 242 g/mol. The fraction of sp³-hybridized carbons (Fsp3) is 0.333. The second kappa shape index (κ2) is 7.36. The molecule has 0 saturated carbocycles. The van der Waals surface area contributed by atoms with Crippen LogP contribution in [0.1, 0.15) is 37.6 Å². The Kier molecular flexibility index (Phi) is 5.79. The van der Waals surface area contributed by atoms with Crippen LogP contribution in [0.4, 0.5) is 0 Å². The fourth-order valence-corrected chi connectivity index (χ4v) is 1.59. The molecular formula is C15H19NO3. The lowest BCUT2D eigenvalue weighted by molar-refractivity contribution is -0.136. The molecule has 19 heavy (non-hydrogen) atoms. The van der Waals surface area contributed by atoms with Gasteiger partial charge in [-0.05, 0) is 26.8 Å². The molecule has 4 heteroatoms. The quantitative estimate of drug-likeness (QED) is 0.795. The maximum atomic E-state index is 10.6. The summed E-state index contributed by atoms with van der Waals surface area (Å²) in [7, 11) is 0. The zero-order valence-electron chi connectivity index (χ0n) is 11.5. The number of carbonyl (C=O) groups is 1. The van der Waals surface area contributed by atoms with Crippen molar-refractivity contribution in [3.05, 3.63) is 47.7 Å². The van der Waals surface area contributed by atoms with E-state index >= 15 is 0 Å². The van der Waals surface area contributed by atoms with Gasteiger partial charge in [-0.3, -0.25) is 4.79 Å². The van der Waals surface area contributed by atoms with E-state index in [1.165, 1.54) is 0 Å². The second-order valence-corrected chi connectivity index (χ2v) is 4.06. The first-order chi connectivity index (χ1) is 9.08. The van der Waals surface area contributed by atoms with Crippen LogP contribution in [0.3, 0.4) is 0 Å². The minimum absolute atomic E-state index is 0.0599. The molecule has 0 atom stereocenters. The smallest absolute Gasteiger partial charge is 0.303 e. The lowest BCUT2D eigenvalue weighted by Gasteiger charge is -1.93. The third-order valence-corrected chi connectivity index (χ3v) is 2.53. The van der Waals surface area contributed by atoms with Gasteiger partial charge in [0.2, 0.25) is 5.89 Å². The first-order valence-electron chi connectivity index (χ1n) is 6.22. The molecule has 1 aromatic heterocycles. The van der Waals surface area contributed by atoms with Crippen molar-refractivity contribution in [1.82, 2.24) is 4.98 Å². The second-order valence-electron chi connectivity index (χ2n) is 4.06. The van der Waals surface area contributed by atoms with Crippen molar-refractivity contribution < 1.29 is 14.3 Å². The van der Waals surface area contributed by atoms with Crippen molar-refractivity contribution in [2.24, 2.45) is 0 Å². The summed E-state index contributed by atoms with van der Waals surface area (Å²) in [6.07, 6.45) is 10.0. The Bertz CT molecular complexity index is 521. The van der Waals surface area contributed by atoms with E-state index in [2.05, 4.69) is 4.98 Å². The van der Waals surface area contributed by atoms with Crippen molar-refractivity contribution >= 4 is 11.5 Å². The molecule has 0 amide bonds. The van der Waals surface area contributed by atoms with Gasteiger partial charge in [-0.25, -0.2) is 4.98 Å². The average Bonchev–Trinajstić information content (AvgIpc) is 2.73. The van der Waals surface area contributed by atoms with Crippen LogP contribution in [-0.2, 0) is 11.2 Å². The zero-order valence-corrected chi connectivity index (χ0v) is 11.5. The summed E-state index contributed by atoms with van der Waals surface area (Å²) in [6.45, 7) is 5.66. The Hall–Kier alpha value is -2.10. The van der Waals surface area contributed by atoms with Gasteiger partial charge in [0, 0.05) is 12.0 Å². The van der Waals surface area contributed by atoms with E-state index in [1.54, 1.807) is 6.92 Å². The number of rotatable bonds is 6. The summed E-state index contributed by atoms with van der Waals surface area (Å²) in [4.78, 5) is 14.9.